The lowest BCUT2D eigenvalue weighted by molar-refractivity contribution is -0.116. The predicted molar refractivity (Wildman–Crippen MR) is 115 cm³/mol. The zero-order chi connectivity index (χ0) is 21.7. The van der Waals surface area contributed by atoms with E-state index in [1.807, 2.05) is 31.2 Å². The topological polar surface area (TPSA) is 88.2 Å². The molecule has 0 radical (unpaired) electrons. The Morgan fingerprint density at radius 1 is 1.03 bits per heavy atom. The van der Waals surface area contributed by atoms with Crippen LogP contribution in [0.1, 0.15) is 17.5 Å². The van der Waals surface area contributed by atoms with E-state index in [1.54, 1.807) is 18.2 Å². The minimum atomic E-state index is -3.74. The Morgan fingerprint density at radius 2 is 1.73 bits per heavy atom. The van der Waals surface area contributed by atoms with E-state index in [2.05, 4.69) is 5.32 Å². The van der Waals surface area contributed by atoms with E-state index in [0.717, 1.165) is 11.1 Å². The average Bonchev–Trinajstić information content (AvgIpc) is 2.72. The summed E-state index contributed by atoms with van der Waals surface area (Å²) in [6.45, 7) is 2.73. The number of hydrogen-bond donors (Lipinski definition) is 1. The minimum Gasteiger partial charge on any atom is -0.497 e. The fraction of sp³-hybridized carbons (Fsp3) is 0.381. The van der Waals surface area contributed by atoms with Gasteiger partial charge in [0.1, 0.15) is 11.5 Å². The fourth-order valence-electron chi connectivity index (χ4n) is 3.30. The van der Waals surface area contributed by atoms with Crippen LogP contribution in [-0.2, 0) is 21.5 Å². The van der Waals surface area contributed by atoms with Gasteiger partial charge in [-0.25, -0.2) is 0 Å². The van der Waals surface area contributed by atoms with Crippen LogP contribution < -0.4 is 14.8 Å². The molecule has 1 fully saturated rings. The Balaban J connectivity index is 1.69. The highest BCUT2D eigenvalue weighted by Gasteiger charge is 2.34. The van der Waals surface area contributed by atoms with Crippen LogP contribution >= 0.6 is 0 Å². The molecule has 162 valence electrons. The number of carbonyl (C=O) groups excluding carboxylic acids is 1. The zero-order valence-corrected chi connectivity index (χ0v) is 18.2. The highest BCUT2D eigenvalue weighted by molar-refractivity contribution is 7.86. The van der Waals surface area contributed by atoms with E-state index >= 15 is 0 Å². The second-order valence-electron chi connectivity index (χ2n) is 7.13. The highest BCUT2D eigenvalue weighted by Crippen LogP contribution is 2.29. The van der Waals surface area contributed by atoms with E-state index in [-0.39, 0.29) is 13.1 Å². The first-order valence-electron chi connectivity index (χ1n) is 9.66. The van der Waals surface area contributed by atoms with Crippen molar-refractivity contribution in [2.75, 3.05) is 39.2 Å². The molecule has 3 rings (SSSR count). The van der Waals surface area contributed by atoms with Gasteiger partial charge in [0.05, 0.1) is 26.5 Å². The van der Waals surface area contributed by atoms with Crippen LogP contribution in [0.25, 0.3) is 0 Å². The molecule has 30 heavy (non-hydrogen) atoms. The molecule has 1 amide bonds. The molecule has 1 saturated heterocycles. The number of nitrogens with zero attached hydrogens (tertiary/aromatic N) is 2. The molecule has 0 atom stereocenters. The third-order valence-corrected chi connectivity index (χ3v) is 6.88. The third-order valence-electron chi connectivity index (χ3n) is 4.95. The number of anilines is 1. The molecular formula is C21H27N3O5S. The number of methoxy groups -OCH3 is 2. The van der Waals surface area contributed by atoms with E-state index in [4.69, 9.17) is 9.47 Å². The Hall–Kier alpha value is -2.62. The number of ether oxygens (including phenoxy) is 2. The molecule has 1 heterocycles. The second-order valence-corrected chi connectivity index (χ2v) is 9.06. The number of nitrogens with one attached hydrogen (secondary N) is 1. The van der Waals surface area contributed by atoms with Crippen LogP contribution in [0.15, 0.2) is 42.5 Å². The van der Waals surface area contributed by atoms with Crippen molar-refractivity contribution in [1.29, 1.82) is 0 Å². The van der Waals surface area contributed by atoms with Crippen molar-refractivity contribution in [3.8, 4) is 11.5 Å². The van der Waals surface area contributed by atoms with Crippen molar-refractivity contribution in [2.45, 2.75) is 19.9 Å². The molecule has 0 saturated carbocycles. The molecule has 1 N–H and O–H groups in total. The smallest absolute Gasteiger partial charge is 0.282 e. The first kappa shape index (κ1) is 22.1. The molecule has 2 aromatic rings. The summed E-state index contributed by atoms with van der Waals surface area (Å²) in [5.41, 5.74) is 2.45. The van der Waals surface area contributed by atoms with Crippen molar-refractivity contribution in [3.63, 3.8) is 0 Å². The van der Waals surface area contributed by atoms with Gasteiger partial charge in [-0.1, -0.05) is 29.8 Å². The fourth-order valence-corrected chi connectivity index (χ4v) is 4.94. The number of carbonyl (C=O) groups is 1. The molecular weight excluding hydrogens is 406 g/mol. The maximum absolute atomic E-state index is 13.0. The molecule has 8 nitrogen and oxygen atoms in total. The van der Waals surface area contributed by atoms with Gasteiger partial charge < -0.3 is 14.8 Å². The zero-order valence-electron chi connectivity index (χ0n) is 17.4. The number of rotatable bonds is 7. The first-order chi connectivity index (χ1) is 14.3. The summed E-state index contributed by atoms with van der Waals surface area (Å²) < 4.78 is 39.1. The molecule has 1 aliphatic heterocycles. The van der Waals surface area contributed by atoms with E-state index < -0.39 is 16.1 Å². The van der Waals surface area contributed by atoms with Gasteiger partial charge in [0.25, 0.3) is 10.2 Å². The molecule has 0 aliphatic carbocycles. The van der Waals surface area contributed by atoms with Crippen molar-refractivity contribution in [3.05, 3.63) is 53.6 Å². The molecule has 0 unspecified atom stereocenters. The van der Waals surface area contributed by atoms with Gasteiger partial charge >= 0.3 is 0 Å². The lowest BCUT2D eigenvalue weighted by Gasteiger charge is -2.34. The van der Waals surface area contributed by atoms with E-state index in [1.165, 1.54) is 22.8 Å². The van der Waals surface area contributed by atoms with Crippen LogP contribution in [0.2, 0.25) is 0 Å². The predicted octanol–water partition coefficient (Wildman–Crippen LogP) is 2.40. The average molecular weight is 434 g/mol. The van der Waals surface area contributed by atoms with Crippen molar-refractivity contribution in [2.24, 2.45) is 0 Å². The first-order valence-corrected chi connectivity index (χ1v) is 11.1. The summed E-state index contributed by atoms with van der Waals surface area (Å²) in [6, 6.07) is 12.8. The Kier molecular flexibility index (Phi) is 6.96. The minimum absolute atomic E-state index is 0.271. The van der Waals surface area contributed by atoms with Gasteiger partial charge in [0.2, 0.25) is 5.91 Å². The number of aryl methyl sites for hydroxylation is 1. The van der Waals surface area contributed by atoms with E-state index in [0.29, 0.717) is 36.7 Å². The van der Waals surface area contributed by atoms with Gasteiger partial charge in [-0.3, -0.25) is 4.79 Å². The van der Waals surface area contributed by atoms with Gasteiger partial charge in [0.15, 0.2) is 0 Å². The number of hydrogen-bond acceptors (Lipinski definition) is 5. The Labute approximate surface area is 177 Å². The Morgan fingerprint density at radius 3 is 2.40 bits per heavy atom. The summed E-state index contributed by atoms with van der Waals surface area (Å²) in [5, 5.41) is 2.72. The largest absolute Gasteiger partial charge is 0.497 e. The maximum Gasteiger partial charge on any atom is 0.282 e. The highest BCUT2D eigenvalue weighted by atomic mass is 32.2. The van der Waals surface area contributed by atoms with Gasteiger partial charge in [-0.15, -0.1) is 0 Å². The van der Waals surface area contributed by atoms with Crippen LogP contribution in [0.3, 0.4) is 0 Å². The van der Waals surface area contributed by atoms with Crippen LogP contribution in [-0.4, -0.2) is 56.8 Å². The molecule has 1 aliphatic rings. The molecule has 0 bridgehead atoms. The van der Waals surface area contributed by atoms with Crippen LogP contribution in [0.4, 0.5) is 5.69 Å². The van der Waals surface area contributed by atoms with Gasteiger partial charge in [0, 0.05) is 25.7 Å². The number of amides is 1. The number of benzene rings is 2. The monoisotopic (exact) mass is 433 g/mol. The summed E-state index contributed by atoms with van der Waals surface area (Å²) in [7, 11) is -0.719. The normalized spacial score (nSPS) is 16.8. The van der Waals surface area contributed by atoms with Gasteiger partial charge in [-0.05, 0) is 31.0 Å². The summed E-state index contributed by atoms with van der Waals surface area (Å²) >= 11 is 0. The summed E-state index contributed by atoms with van der Waals surface area (Å²) in [5.74, 6) is 0.579. The second kappa shape index (κ2) is 9.46. The van der Waals surface area contributed by atoms with Crippen LogP contribution in [0.5, 0.6) is 11.5 Å². The van der Waals surface area contributed by atoms with E-state index in [9.17, 15) is 13.2 Å². The summed E-state index contributed by atoms with van der Waals surface area (Å²) in [4.78, 5) is 12.6. The summed E-state index contributed by atoms with van der Waals surface area (Å²) in [6.07, 6.45) is 0.654. The van der Waals surface area contributed by atoms with Crippen molar-refractivity contribution in [1.82, 2.24) is 8.61 Å². The maximum atomic E-state index is 13.0. The Bertz CT molecular complexity index is 992. The van der Waals surface area contributed by atoms with Crippen LogP contribution in [0, 0.1) is 6.92 Å². The lowest BCUT2D eigenvalue weighted by Crippen LogP contribution is -2.51. The third kappa shape index (κ3) is 5.10. The standard InChI is InChI=1S/C21H27N3O5S/c1-16-5-7-17(8-6-16)14-23-11-4-12-24(30(23,26)27)15-21(25)22-19-13-18(28-2)9-10-20(19)29-3/h5-10,13H,4,11-12,14-15H2,1-3H3,(H,22,25). The molecule has 2 aromatic carbocycles. The SMILES string of the molecule is COc1ccc(OC)c(NC(=O)CN2CCCN(Cc3ccc(C)cc3)S2(=O)=O)c1. The van der Waals surface area contributed by atoms with Crippen molar-refractivity contribution >= 4 is 21.8 Å². The quantitative estimate of drug-likeness (QED) is 0.724. The van der Waals surface area contributed by atoms with Gasteiger partial charge in [-0.2, -0.15) is 17.0 Å². The molecule has 0 spiro atoms. The van der Waals surface area contributed by atoms with Crippen molar-refractivity contribution < 1.29 is 22.7 Å². The molecule has 9 heteroatoms. The lowest BCUT2D eigenvalue weighted by atomic mass is 10.1. The molecule has 0 aromatic heterocycles.